The molecule has 3 heterocycles. The lowest BCUT2D eigenvalue weighted by molar-refractivity contribution is -0.249. The summed E-state index contributed by atoms with van der Waals surface area (Å²) < 4.78 is 11.5. The number of rotatable bonds is 2. The Morgan fingerprint density at radius 2 is 2.40 bits per heavy atom. The zero-order chi connectivity index (χ0) is 10.6. The van der Waals surface area contributed by atoms with Crippen LogP contribution >= 0.6 is 11.8 Å². The Morgan fingerprint density at radius 3 is 2.93 bits per heavy atom. The first kappa shape index (κ1) is 9.93. The molecule has 0 bridgehead atoms. The summed E-state index contributed by atoms with van der Waals surface area (Å²) in [4.78, 5) is 13.3. The second-order valence-corrected chi connectivity index (χ2v) is 5.22. The van der Waals surface area contributed by atoms with E-state index in [2.05, 4.69) is 6.92 Å². The molecule has 1 spiro atoms. The Bertz CT molecular complexity index is 311. The molecule has 4 nitrogen and oxygen atoms in total. The fourth-order valence-corrected chi connectivity index (χ4v) is 3.27. The van der Waals surface area contributed by atoms with Crippen molar-refractivity contribution in [1.29, 1.82) is 0 Å². The molecule has 84 valence electrons. The molecule has 3 saturated heterocycles. The van der Waals surface area contributed by atoms with Crippen LogP contribution in [0.25, 0.3) is 0 Å². The van der Waals surface area contributed by atoms with Crippen LogP contribution in [0.15, 0.2) is 0 Å². The van der Waals surface area contributed by atoms with E-state index in [-0.39, 0.29) is 17.4 Å². The quantitative estimate of drug-likeness (QED) is 0.526. The lowest BCUT2D eigenvalue weighted by atomic mass is 9.92. The third-order valence-corrected chi connectivity index (χ3v) is 4.26. The average Bonchev–Trinajstić information content (AvgIpc) is 2.88. The van der Waals surface area contributed by atoms with Crippen LogP contribution in [0, 0.1) is 0 Å². The summed E-state index contributed by atoms with van der Waals surface area (Å²) in [5.41, 5.74) is 0.0126. The Balaban J connectivity index is 1.82. The average molecular weight is 229 g/mol. The predicted molar refractivity (Wildman–Crippen MR) is 56.2 cm³/mol. The number of hydrogen-bond donors (Lipinski definition) is 0. The molecule has 4 unspecified atom stereocenters. The van der Waals surface area contributed by atoms with Crippen LogP contribution in [-0.4, -0.2) is 40.6 Å². The standard InChI is InChI=1S/C10H15NO3S/c1-3-7-4-6-5-8(12)11(6)10(13-7)9(14-10)15-2/h6-7,9H,3-5H2,1-2H3. The van der Waals surface area contributed by atoms with Gasteiger partial charge < -0.3 is 9.47 Å². The molecule has 0 N–H and O–H groups in total. The van der Waals surface area contributed by atoms with E-state index in [4.69, 9.17) is 9.47 Å². The van der Waals surface area contributed by atoms with Gasteiger partial charge in [-0.3, -0.25) is 9.69 Å². The van der Waals surface area contributed by atoms with E-state index in [9.17, 15) is 4.79 Å². The number of fused-ring (bicyclic) bond motifs is 2. The molecular formula is C10H15NO3S. The molecule has 5 heteroatoms. The molecule has 3 aliphatic heterocycles. The van der Waals surface area contributed by atoms with Gasteiger partial charge in [0.15, 0.2) is 5.44 Å². The van der Waals surface area contributed by atoms with Crippen molar-refractivity contribution >= 4 is 17.7 Å². The molecule has 0 saturated carbocycles. The summed E-state index contributed by atoms with van der Waals surface area (Å²) in [5, 5.41) is 0. The zero-order valence-electron chi connectivity index (χ0n) is 8.93. The molecule has 0 aromatic rings. The monoisotopic (exact) mass is 229 g/mol. The maximum absolute atomic E-state index is 11.5. The van der Waals surface area contributed by atoms with Crippen molar-refractivity contribution in [3.63, 3.8) is 0 Å². The highest BCUT2D eigenvalue weighted by molar-refractivity contribution is 7.99. The van der Waals surface area contributed by atoms with Gasteiger partial charge in [0.25, 0.3) is 5.91 Å². The number of thioether (sulfide) groups is 1. The van der Waals surface area contributed by atoms with E-state index < -0.39 is 5.91 Å². The Kier molecular flexibility index (Phi) is 2.06. The van der Waals surface area contributed by atoms with Gasteiger partial charge in [-0.2, -0.15) is 0 Å². The lowest BCUT2D eigenvalue weighted by Gasteiger charge is -2.50. The normalized spacial score (nSPS) is 47.7. The van der Waals surface area contributed by atoms with Gasteiger partial charge in [0.05, 0.1) is 6.10 Å². The molecule has 4 atom stereocenters. The fraction of sp³-hybridized carbons (Fsp3) is 0.900. The van der Waals surface area contributed by atoms with Crippen LogP contribution in [0.5, 0.6) is 0 Å². The van der Waals surface area contributed by atoms with Crippen LogP contribution in [0.2, 0.25) is 0 Å². The van der Waals surface area contributed by atoms with Crippen LogP contribution in [-0.2, 0) is 14.3 Å². The molecule has 0 radical (unpaired) electrons. The van der Waals surface area contributed by atoms with Crippen LogP contribution in [0.1, 0.15) is 26.2 Å². The lowest BCUT2D eigenvalue weighted by Crippen LogP contribution is -2.65. The molecule has 0 aromatic carbocycles. The first-order valence-electron chi connectivity index (χ1n) is 5.42. The van der Waals surface area contributed by atoms with Crippen molar-refractivity contribution in [2.24, 2.45) is 0 Å². The summed E-state index contributed by atoms with van der Waals surface area (Å²) in [6, 6.07) is 0.355. The third-order valence-electron chi connectivity index (χ3n) is 3.44. The van der Waals surface area contributed by atoms with E-state index in [1.807, 2.05) is 6.26 Å². The number of ether oxygens (including phenoxy) is 2. The number of hydrogen-bond acceptors (Lipinski definition) is 4. The number of β-lactam (4-membered cyclic amide) rings is 1. The minimum absolute atomic E-state index is 0.0126. The van der Waals surface area contributed by atoms with Crippen LogP contribution < -0.4 is 0 Å². The Hall–Kier alpha value is -0.260. The summed E-state index contributed by atoms with van der Waals surface area (Å²) in [6.07, 6.45) is 4.86. The summed E-state index contributed by atoms with van der Waals surface area (Å²) >= 11 is 1.61. The van der Waals surface area contributed by atoms with Crippen molar-refractivity contribution in [3.05, 3.63) is 0 Å². The van der Waals surface area contributed by atoms with Crippen LogP contribution in [0.3, 0.4) is 0 Å². The Labute approximate surface area is 93.3 Å². The van der Waals surface area contributed by atoms with E-state index in [0.717, 1.165) is 12.8 Å². The topological polar surface area (TPSA) is 42.1 Å². The summed E-state index contributed by atoms with van der Waals surface area (Å²) in [6.45, 7) is 2.12. The SMILES string of the molecule is CCC1CC2CC(=O)N2C2(O1)OC2SC. The number of nitrogens with zero attached hydrogens (tertiary/aromatic N) is 1. The van der Waals surface area contributed by atoms with Crippen molar-refractivity contribution in [1.82, 2.24) is 4.90 Å². The predicted octanol–water partition coefficient (Wildman–Crippen LogP) is 1.16. The molecule has 1 amide bonds. The van der Waals surface area contributed by atoms with Gasteiger partial charge in [-0.15, -0.1) is 11.8 Å². The molecule has 3 aliphatic rings. The minimum Gasteiger partial charge on any atom is -0.326 e. The van der Waals surface area contributed by atoms with E-state index >= 15 is 0 Å². The first-order valence-corrected chi connectivity index (χ1v) is 6.70. The maximum Gasteiger partial charge on any atom is 0.293 e. The minimum atomic E-state index is -0.696. The van der Waals surface area contributed by atoms with Crippen molar-refractivity contribution < 1.29 is 14.3 Å². The summed E-state index contributed by atoms with van der Waals surface area (Å²) in [7, 11) is 0. The van der Waals surface area contributed by atoms with Crippen molar-refractivity contribution in [2.45, 2.75) is 49.7 Å². The fourth-order valence-electron chi connectivity index (χ4n) is 2.57. The van der Waals surface area contributed by atoms with Crippen molar-refractivity contribution in [2.75, 3.05) is 6.26 Å². The van der Waals surface area contributed by atoms with Gasteiger partial charge in [0.2, 0.25) is 5.91 Å². The second kappa shape index (κ2) is 3.12. The van der Waals surface area contributed by atoms with Gasteiger partial charge in [-0.25, -0.2) is 0 Å². The molecular weight excluding hydrogens is 214 g/mol. The Morgan fingerprint density at radius 1 is 1.60 bits per heavy atom. The van der Waals surface area contributed by atoms with Gasteiger partial charge in [0, 0.05) is 12.5 Å². The highest BCUT2D eigenvalue weighted by Crippen LogP contribution is 2.54. The molecule has 0 aromatic heterocycles. The molecule has 3 fully saturated rings. The maximum atomic E-state index is 11.5. The zero-order valence-corrected chi connectivity index (χ0v) is 9.75. The van der Waals surface area contributed by atoms with E-state index in [1.54, 1.807) is 16.7 Å². The van der Waals surface area contributed by atoms with E-state index in [1.165, 1.54) is 0 Å². The number of carbonyl (C=O) groups excluding carboxylic acids is 1. The number of amides is 1. The number of carbonyl (C=O) groups is 1. The molecule has 0 aliphatic carbocycles. The van der Waals surface area contributed by atoms with Gasteiger partial charge in [0.1, 0.15) is 0 Å². The number of epoxide rings is 1. The second-order valence-electron chi connectivity index (χ2n) is 4.32. The molecule has 15 heavy (non-hydrogen) atoms. The van der Waals surface area contributed by atoms with E-state index in [0.29, 0.717) is 12.5 Å². The summed E-state index contributed by atoms with van der Waals surface area (Å²) in [5.74, 6) is -0.524. The highest BCUT2D eigenvalue weighted by atomic mass is 32.2. The first-order chi connectivity index (χ1) is 7.21. The molecule has 3 rings (SSSR count). The third kappa shape index (κ3) is 1.20. The highest BCUT2D eigenvalue weighted by Gasteiger charge is 2.71. The van der Waals surface area contributed by atoms with Gasteiger partial charge >= 0.3 is 0 Å². The smallest absolute Gasteiger partial charge is 0.293 e. The largest absolute Gasteiger partial charge is 0.326 e. The van der Waals surface area contributed by atoms with Gasteiger partial charge in [-0.05, 0) is 19.1 Å². The van der Waals surface area contributed by atoms with Crippen molar-refractivity contribution in [3.8, 4) is 0 Å². The van der Waals surface area contributed by atoms with Gasteiger partial charge in [-0.1, -0.05) is 6.92 Å². The van der Waals surface area contributed by atoms with Crippen LogP contribution in [0.4, 0.5) is 0 Å².